The molecule has 0 saturated heterocycles. The fraction of sp³-hybridized carbons (Fsp3) is 0.808. The van der Waals surface area contributed by atoms with Gasteiger partial charge in [-0.1, -0.05) is 45.4 Å². The Morgan fingerprint density at radius 2 is 1.12 bits per heavy atom. The van der Waals surface area contributed by atoms with E-state index in [1.54, 1.807) is 0 Å². The third-order valence-corrected chi connectivity index (χ3v) is 6.12. The maximum absolute atomic E-state index is 10.9. The van der Waals surface area contributed by atoms with Gasteiger partial charge in [0.25, 0.3) is 0 Å². The van der Waals surface area contributed by atoms with Gasteiger partial charge in [0.1, 0.15) is 0 Å². The lowest BCUT2D eigenvalue weighted by molar-refractivity contribution is -0.880. The maximum atomic E-state index is 10.9. The van der Waals surface area contributed by atoms with Crippen molar-refractivity contribution in [1.29, 1.82) is 0 Å². The predicted octanol–water partition coefficient (Wildman–Crippen LogP) is 4.89. The summed E-state index contributed by atoms with van der Waals surface area (Å²) in [5.41, 5.74) is 0. The molecule has 0 aromatic carbocycles. The van der Waals surface area contributed by atoms with Gasteiger partial charge >= 0.3 is 11.9 Å². The highest BCUT2D eigenvalue weighted by Gasteiger charge is 2.24. The molecule has 0 bridgehead atoms. The van der Waals surface area contributed by atoms with E-state index in [1.165, 1.54) is 38.5 Å². The molecule has 0 rings (SSSR count). The van der Waals surface area contributed by atoms with Gasteiger partial charge < -0.3 is 20.1 Å². The number of carboxylic acids is 3. The smallest absolute Gasteiger partial charge is 0.303 e. The molecular weight excluding hydrogens is 422 g/mol. The second-order valence-corrected chi connectivity index (χ2v) is 9.21. The topological polar surface area (TPSA) is 115 Å². The van der Waals surface area contributed by atoms with Crippen LogP contribution in [0.5, 0.6) is 0 Å². The molecule has 0 unspecified atom stereocenters. The second-order valence-electron chi connectivity index (χ2n) is 9.21. The highest BCUT2D eigenvalue weighted by molar-refractivity contribution is 5.66. The number of nitrogens with zero attached hydrogens (tertiary/aromatic N) is 1. The normalized spacial score (nSPS) is 11.8. The molecular formula is C26H47NO6. The van der Waals surface area contributed by atoms with Gasteiger partial charge in [0.05, 0.1) is 25.8 Å². The van der Waals surface area contributed by atoms with E-state index in [1.807, 2.05) is 0 Å². The van der Waals surface area contributed by atoms with Crippen LogP contribution >= 0.6 is 0 Å². The predicted molar refractivity (Wildman–Crippen MR) is 128 cm³/mol. The van der Waals surface area contributed by atoms with Gasteiger partial charge in [0, 0.05) is 18.8 Å². The first-order chi connectivity index (χ1) is 15.8. The zero-order valence-electron chi connectivity index (χ0n) is 20.8. The van der Waals surface area contributed by atoms with Crippen LogP contribution in [0.15, 0.2) is 12.3 Å². The van der Waals surface area contributed by atoms with Crippen LogP contribution in [-0.2, 0) is 14.4 Å². The van der Waals surface area contributed by atoms with E-state index < -0.39 is 17.9 Å². The molecule has 0 radical (unpaired) electrons. The summed E-state index contributed by atoms with van der Waals surface area (Å²) in [5, 5.41) is 28.7. The number of hydrogen-bond acceptors (Lipinski definition) is 4. The zero-order valence-corrected chi connectivity index (χ0v) is 20.8. The van der Waals surface area contributed by atoms with Crippen molar-refractivity contribution in [2.24, 2.45) is 0 Å². The van der Waals surface area contributed by atoms with Gasteiger partial charge in [0.15, 0.2) is 0 Å². The van der Waals surface area contributed by atoms with Crippen LogP contribution in [-0.4, -0.2) is 52.2 Å². The van der Waals surface area contributed by atoms with Crippen LogP contribution < -0.4 is 5.11 Å². The Hall–Kier alpha value is -1.89. The summed E-state index contributed by atoms with van der Waals surface area (Å²) in [6.07, 6.45) is 18.6. The van der Waals surface area contributed by atoms with Gasteiger partial charge in [-0.2, -0.15) is 0 Å². The first kappa shape index (κ1) is 31.1. The average Bonchev–Trinajstić information content (AvgIpc) is 2.75. The molecule has 2 N–H and O–H groups in total. The molecule has 0 fully saturated rings. The van der Waals surface area contributed by atoms with E-state index >= 15 is 0 Å². The Morgan fingerprint density at radius 3 is 1.58 bits per heavy atom. The lowest BCUT2D eigenvalue weighted by Crippen LogP contribution is -2.45. The quantitative estimate of drug-likeness (QED) is 0.154. The summed E-state index contributed by atoms with van der Waals surface area (Å²) >= 11 is 0. The third kappa shape index (κ3) is 20.4. The summed E-state index contributed by atoms with van der Waals surface area (Å²) in [7, 11) is 0. The number of quaternary nitrogens is 1. The SMILES string of the molecule is CCCCCCCCC/C=C/[N+](CCCCC(=O)[O-])(CCCCC(=O)O)CCCCC(=O)O. The summed E-state index contributed by atoms with van der Waals surface area (Å²) in [6.45, 7) is 4.58. The molecule has 7 heteroatoms. The Kier molecular flexibility index (Phi) is 19.5. The van der Waals surface area contributed by atoms with Gasteiger partial charge in [0.2, 0.25) is 0 Å². The summed E-state index contributed by atoms with van der Waals surface area (Å²) in [5.74, 6) is -2.62. The molecule has 0 aliphatic carbocycles. The van der Waals surface area contributed by atoms with Crippen LogP contribution in [0.2, 0.25) is 0 Å². The second kappa shape index (κ2) is 20.7. The fourth-order valence-electron chi connectivity index (χ4n) is 4.18. The molecule has 192 valence electrons. The summed E-state index contributed by atoms with van der Waals surface area (Å²) < 4.78 is 0.669. The lowest BCUT2D eigenvalue weighted by Gasteiger charge is -2.35. The highest BCUT2D eigenvalue weighted by Crippen LogP contribution is 2.19. The molecule has 0 aliphatic rings. The van der Waals surface area contributed by atoms with Crippen molar-refractivity contribution in [1.82, 2.24) is 0 Å². The third-order valence-electron chi connectivity index (χ3n) is 6.12. The standard InChI is InChI=1S/C26H47NO6/c1-2-3-4-5-6-7-8-9-13-20-27(21-14-10-17-24(28)29,22-15-11-18-25(30)31)23-16-12-19-26(32)33/h13,20H,2-12,14-19,21-23H2,1H3,(H2-,28,29,30,31,32,33)/b20-13+. The van der Waals surface area contributed by atoms with Gasteiger partial charge in [-0.25, -0.2) is 0 Å². The van der Waals surface area contributed by atoms with E-state index in [0.29, 0.717) is 23.7 Å². The molecule has 0 spiro atoms. The molecule has 0 aliphatic heterocycles. The van der Waals surface area contributed by atoms with Crippen molar-refractivity contribution in [3.8, 4) is 0 Å². The van der Waals surface area contributed by atoms with Crippen LogP contribution in [0.25, 0.3) is 0 Å². The number of rotatable bonds is 24. The van der Waals surface area contributed by atoms with E-state index in [9.17, 15) is 19.5 Å². The monoisotopic (exact) mass is 469 g/mol. The molecule has 0 saturated carbocycles. The largest absolute Gasteiger partial charge is 0.550 e. The summed E-state index contributed by atoms with van der Waals surface area (Å²) in [6, 6.07) is 0. The van der Waals surface area contributed by atoms with E-state index in [-0.39, 0.29) is 19.3 Å². The molecule has 33 heavy (non-hydrogen) atoms. The minimum atomic E-state index is -1.04. The Balaban J connectivity index is 4.93. The van der Waals surface area contributed by atoms with Crippen LogP contribution in [0.3, 0.4) is 0 Å². The minimum absolute atomic E-state index is 0.0414. The number of carbonyl (C=O) groups is 3. The van der Waals surface area contributed by atoms with E-state index in [2.05, 4.69) is 19.2 Å². The number of aliphatic carboxylic acids is 3. The maximum Gasteiger partial charge on any atom is 0.303 e. The van der Waals surface area contributed by atoms with Crippen LogP contribution in [0.1, 0.15) is 116 Å². The Bertz CT molecular complexity index is 506. The molecule has 0 aromatic heterocycles. The van der Waals surface area contributed by atoms with Gasteiger partial charge in [-0.05, 0) is 63.9 Å². The average molecular weight is 470 g/mol. The van der Waals surface area contributed by atoms with E-state index in [0.717, 1.165) is 51.7 Å². The number of carboxylic acid groups (broad SMARTS) is 3. The molecule has 0 atom stereocenters. The molecule has 0 amide bonds. The molecule has 0 heterocycles. The fourth-order valence-corrected chi connectivity index (χ4v) is 4.18. The van der Waals surface area contributed by atoms with E-state index in [4.69, 9.17) is 10.2 Å². The summed E-state index contributed by atoms with van der Waals surface area (Å²) in [4.78, 5) is 32.6. The van der Waals surface area contributed by atoms with Gasteiger partial charge in [-0.15, -0.1) is 0 Å². The molecule has 0 aromatic rings. The Labute approximate surface area is 200 Å². The van der Waals surface area contributed by atoms with Crippen LogP contribution in [0, 0.1) is 0 Å². The zero-order chi connectivity index (χ0) is 24.8. The van der Waals surface area contributed by atoms with Gasteiger partial charge in [-0.3, -0.25) is 14.1 Å². The Morgan fingerprint density at radius 1 is 0.667 bits per heavy atom. The first-order valence-corrected chi connectivity index (χ1v) is 13.0. The highest BCUT2D eigenvalue weighted by atomic mass is 16.4. The number of allylic oxidation sites excluding steroid dienone is 1. The van der Waals surface area contributed by atoms with Crippen molar-refractivity contribution in [3.05, 3.63) is 12.3 Å². The minimum Gasteiger partial charge on any atom is -0.550 e. The molecule has 7 nitrogen and oxygen atoms in total. The number of hydrogen-bond donors (Lipinski definition) is 2. The van der Waals surface area contributed by atoms with Crippen molar-refractivity contribution >= 4 is 17.9 Å². The van der Waals surface area contributed by atoms with Crippen molar-refractivity contribution in [2.45, 2.75) is 116 Å². The van der Waals surface area contributed by atoms with Crippen LogP contribution in [0.4, 0.5) is 0 Å². The first-order valence-electron chi connectivity index (χ1n) is 13.0. The van der Waals surface area contributed by atoms with Crippen molar-refractivity contribution < 1.29 is 34.2 Å². The number of carbonyl (C=O) groups excluding carboxylic acids is 1. The van der Waals surface area contributed by atoms with Crippen molar-refractivity contribution in [2.75, 3.05) is 19.6 Å². The number of unbranched alkanes of at least 4 members (excludes halogenated alkanes) is 10. The van der Waals surface area contributed by atoms with Crippen molar-refractivity contribution in [3.63, 3.8) is 0 Å². The lowest BCUT2D eigenvalue weighted by atomic mass is 10.1.